The second-order valence-electron chi connectivity index (χ2n) is 3.21. The topological polar surface area (TPSA) is 37.3 Å². The normalized spacial score (nSPS) is 10.9. The molecule has 3 heteroatoms. The summed E-state index contributed by atoms with van der Waals surface area (Å²) in [5.74, 6) is -0.457. The van der Waals surface area contributed by atoms with Crippen molar-refractivity contribution in [1.82, 2.24) is 0 Å². The minimum Gasteiger partial charge on any atom is -0.396 e. The summed E-state index contributed by atoms with van der Waals surface area (Å²) < 4.78 is 13.2. The minimum atomic E-state index is -0.366. The monoisotopic (exact) mass is 208 g/mol. The van der Waals surface area contributed by atoms with Gasteiger partial charge < -0.3 is 5.11 Å². The third kappa shape index (κ3) is 3.29. The highest BCUT2D eigenvalue weighted by Crippen LogP contribution is 2.13. The van der Waals surface area contributed by atoms with Crippen LogP contribution >= 0.6 is 0 Å². The number of ketones is 1. The first-order valence-corrected chi connectivity index (χ1v) is 4.73. The van der Waals surface area contributed by atoms with Crippen LogP contribution in [0.2, 0.25) is 0 Å². The van der Waals surface area contributed by atoms with Crippen molar-refractivity contribution in [2.45, 2.75) is 13.3 Å². The summed E-state index contributed by atoms with van der Waals surface area (Å²) in [4.78, 5) is 11.1. The Bertz CT molecular complexity index is 383. The van der Waals surface area contributed by atoms with Gasteiger partial charge in [0.2, 0.25) is 0 Å². The number of aliphatic hydroxyl groups excluding tert-OH is 1. The van der Waals surface area contributed by atoms with Crippen molar-refractivity contribution in [3.63, 3.8) is 0 Å². The van der Waals surface area contributed by atoms with Gasteiger partial charge in [0.25, 0.3) is 0 Å². The maximum absolute atomic E-state index is 13.2. The summed E-state index contributed by atoms with van der Waals surface area (Å²) in [5.41, 5.74) is 0.858. The fourth-order valence-electron chi connectivity index (χ4n) is 1.18. The van der Waals surface area contributed by atoms with Gasteiger partial charge in [-0.2, -0.15) is 0 Å². The Morgan fingerprint density at radius 2 is 2.27 bits per heavy atom. The summed E-state index contributed by atoms with van der Waals surface area (Å²) in [5, 5.41) is 8.56. The van der Waals surface area contributed by atoms with Gasteiger partial charge in [0.1, 0.15) is 5.82 Å². The number of aliphatic hydroxyl groups is 1. The minimum absolute atomic E-state index is 0.0323. The molecule has 0 saturated carbocycles. The van der Waals surface area contributed by atoms with Gasteiger partial charge in [-0.15, -0.1) is 0 Å². The molecular weight excluding hydrogens is 195 g/mol. The quantitative estimate of drug-likeness (QED) is 0.771. The van der Waals surface area contributed by atoms with E-state index in [1.807, 2.05) is 0 Å². The Labute approximate surface area is 88.1 Å². The smallest absolute Gasteiger partial charge is 0.159 e. The maximum atomic E-state index is 13.2. The van der Waals surface area contributed by atoms with E-state index in [-0.39, 0.29) is 18.2 Å². The van der Waals surface area contributed by atoms with Gasteiger partial charge in [0.15, 0.2) is 5.78 Å². The summed E-state index contributed by atoms with van der Waals surface area (Å²) in [6.07, 6.45) is 3.71. The predicted octanol–water partition coefficient (Wildman–Crippen LogP) is 2.42. The molecule has 0 aliphatic heterocycles. The number of halogens is 1. The lowest BCUT2D eigenvalue weighted by Gasteiger charge is -2.00. The van der Waals surface area contributed by atoms with Gasteiger partial charge in [0, 0.05) is 17.7 Å². The van der Waals surface area contributed by atoms with Gasteiger partial charge in [-0.05, 0) is 31.5 Å². The van der Waals surface area contributed by atoms with E-state index in [2.05, 4.69) is 0 Å². The average Bonchev–Trinajstić information content (AvgIpc) is 2.20. The van der Waals surface area contributed by atoms with Crippen LogP contribution in [0, 0.1) is 5.82 Å². The molecule has 0 spiro atoms. The maximum Gasteiger partial charge on any atom is 0.159 e. The highest BCUT2D eigenvalue weighted by Gasteiger charge is 2.03. The Hall–Kier alpha value is -1.48. The van der Waals surface area contributed by atoms with E-state index in [1.54, 1.807) is 12.2 Å². The van der Waals surface area contributed by atoms with E-state index in [1.165, 1.54) is 25.1 Å². The molecule has 0 saturated heterocycles. The molecule has 80 valence electrons. The fraction of sp³-hybridized carbons (Fsp3) is 0.250. The molecule has 1 aromatic rings. The van der Waals surface area contributed by atoms with Crippen molar-refractivity contribution in [3.8, 4) is 0 Å². The van der Waals surface area contributed by atoms with Crippen molar-refractivity contribution in [3.05, 3.63) is 41.2 Å². The number of benzene rings is 1. The SMILES string of the molecule is CC(=O)c1ccc(F)c(C=CCCO)c1. The number of rotatable bonds is 4. The molecule has 0 aromatic heterocycles. The van der Waals surface area contributed by atoms with E-state index in [9.17, 15) is 9.18 Å². The first kappa shape index (κ1) is 11.6. The van der Waals surface area contributed by atoms with Crippen LogP contribution in [0.3, 0.4) is 0 Å². The summed E-state index contributed by atoms with van der Waals surface area (Å²) >= 11 is 0. The van der Waals surface area contributed by atoms with E-state index in [4.69, 9.17) is 5.11 Å². The molecule has 0 amide bonds. The van der Waals surface area contributed by atoms with Crippen LogP contribution in [0.15, 0.2) is 24.3 Å². The summed E-state index contributed by atoms with van der Waals surface area (Å²) in [7, 11) is 0. The third-order valence-corrected chi connectivity index (χ3v) is 2.00. The van der Waals surface area contributed by atoms with Crippen molar-refractivity contribution >= 4 is 11.9 Å². The predicted molar refractivity (Wildman–Crippen MR) is 57.1 cm³/mol. The molecule has 0 radical (unpaired) electrons. The van der Waals surface area contributed by atoms with Crippen LogP contribution in [0.25, 0.3) is 6.08 Å². The number of carbonyl (C=O) groups excluding carboxylic acids is 1. The van der Waals surface area contributed by atoms with E-state index in [0.29, 0.717) is 17.5 Å². The van der Waals surface area contributed by atoms with Crippen molar-refractivity contribution in [1.29, 1.82) is 0 Å². The lowest BCUT2D eigenvalue weighted by Crippen LogP contribution is -1.94. The fourth-order valence-corrected chi connectivity index (χ4v) is 1.18. The van der Waals surface area contributed by atoms with Gasteiger partial charge in [-0.3, -0.25) is 4.79 Å². The molecule has 0 fully saturated rings. The molecule has 0 aliphatic rings. The van der Waals surface area contributed by atoms with Gasteiger partial charge >= 0.3 is 0 Å². The van der Waals surface area contributed by atoms with E-state index >= 15 is 0 Å². The number of hydrogen-bond acceptors (Lipinski definition) is 2. The van der Waals surface area contributed by atoms with Gasteiger partial charge in [-0.1, -0.05) is 12.2 Å². The third-order valence-electron chi connectivity index (χ3n) is 2.00. The van der Waals surface area contributed by atoms with Crippen molar-refractivity contribution in [2.75, 3.05) is 6.61 Å². The lowest BCUT2D eigenvalue weighted by molar-refractivity contribution is 0.101. The average molecular weight is 208 g/mol. The zero-order valence-corrected chi connectivity index (χ0v) is 8.53. The standard InChI is InChI=1S/C12H13FO2/c1-9(15)10-5-6-12(13)11(8-10)4-2-3-7-14/h2,4-6,8,14H,3,7H2,1H3. The Balaban J connectivity index is 2.95. The van der Waals surface area contributed by atoms with Crippen LogP contribution in [-0.2, 0) is 0 Å². The molecule has 15 heavy (non-hydrogen) atoms. The van der Waals surface area contributed by atoms with Crippen LogP contribution < -0.4 is 0 Å². The summed E-state index contributed by atoms with van der Waals surface area (Å²) in [6, 6.07) is 4.24. The molecule has 0 bridgehead atoms. The number of hydrogen-bond donors (Lipinski definition) is 1. The molecule has 0 unspecified atom stereocenters. The van der Waals surface area contributed by atoms with E-state index < -0.39 is 0 Å². The number of carbonyl (C=O) groups is 1. The lowest BCUT2D eigenvalue weighted by atomic mass is 10.1. The summed E-state index contributed by atoms with van der Waals surface area (Å²) in [6.45, 7) is 1.47. The molecule has 1 N–H and O–H groups in total. The van der Waals surface area contributed by atoms with Crippen molar-refractivity contribution in [2.24, 2.45) is 0 Å². The molecule has 1 rings (SSSR count). The zero-order chi connectivity index (χ0) is 11.3. The first-order chi connectivity index (χ1) is 7.15. The highest BCUT2D eigenvalue weighted by molar-refractivity contribution is 5.94. The molecule has 0 aliphatic carbocycles. The molecule has 0 atom stereocenters. The van der Waals surface area contributed by atoms with E-state index in [0.717, 1.165) is 0 Å². The molecule has 2 nitrogen and oxygen atoms in total. The van der Waals surface area contributed by atoms with Gasteiger partial charge in [0.05, 0.1) is 0 Å². The first-order valence-electron chi connectivity index (χ1n) is 4.73. The Morgan fingerprint density at radius 1 is 1.53 bits per heavy atom. The van der Waals surface area contributed by atoms with Crippen LogP contribution in [0.4, 0.5) is 4.39 Å². The van der Waals surface area contributed by atoms with Crippen LogP contribution in [-0.4, -0.2) is 17.5 Å². The highest BCUT2D eigenvalue weighted by atomic mass is 19.1. The Morgan fingerprint density at radius 3 is 2.87 bits per heavy atom. The van der Waals surface area contributed by atoms with Crippen molar-refractivity contribution < 1.29 is 14.3 Å². The number of Topliss-reactive ketones (excluding diaryl/α,β-unsaturated/α-hetero) is 1. The Kier molecular flexibility index (Phi) is 4.18. The van der Waals surface area contributed by atoms with Crippen LogP contribution in [0.5, 0.6) is 0 Å². The molecule has 0 heterocycles. The molecular formula is C12H13FO2. The van der Waals surface area contributed by atoms with Gasteiger partial charge in [-0.25, -0.2) is 4.39 Å². The zero-order valence-electron chi connectivity index (χ0n) is 8.53. The largest absolute Gasteiger partial charge is 0.396 e. The second-order valence-corrected chi connectivity index (χ2v) is 3.21. The second kappa shape index (κ2) is 5.41. The molecule has 1 aromatic carbocycles. The van der Waals surface area contributed by atoms with Crippen LogP contribution in [0.1, 0.15) is 29.3 Å².